The van der Waals surface area contributed by atoms with Crippen molar-refractivity contribution in [2.75, 3.05) is 36.5 Å². The molecule has 2 aliphatic heterocycles. The third kappa shape index (κ3) is 4.17. The quantitative estimate of drug-likeness (QED) is 0.741. The summed E-state index contributed by atoms with van der Waals surface area (Å²) in [5.41, 5.74) is 4.08. The molecule has 4 rings (SSSR count). The number of carbonyl (C=O) groups excluding carboxylic acids is 2. The van der Waals surface area contributed by atoms with Crippen LogP contribution in [-0.4, -0.2) is 58.1 Å². The summed E-state index contributed by atoms with van der Waals surface area (Å²) in [4.78, 5) is 26.8. The molecule has 2 aromatic rings. The highest BCUT2D eigenvalue weighted by Crippen LogP contribution is 2.18. The number of thioether (sulfide) groups is 1. The molecule has 0 bridgehead atoms. The van der Waals surface area contributed by atoms with Gasteiger partial charge in [0, 0.05) is 61.1 Å². The second-order valence-electron chi connectivity index (χ2n) is 6.78. The molecule has 0 aliphatic carbocycles. The van der Waals surface area contributed by atoms with Crippen LogP contribution in [0.4, 0.5) is 5.69 Å². The molecule has 8 heteroatoms. The molecule has 142 valence electrons. The van der Waals surface area contributed by atoms with Crippen LogP contribution in [-0.2, 0) is 24.2 Å². The van der Waals surface area contributed by atoms with Gasteiger partial charge in [-0.2, -0.15) is 16.9 Å². The van der Waals surface area contributed by atoms with E-state index in [0.29, 0.717) is 24.3 Å². The van der Waals surface area contributed by atoms with Crippen LogP contribution >= 0.6 is 11.8 Å². The van der Waals surface area contributed by atoms with Crippen molar-refractivity contribution >= 4 is 29.3 Å². The van der Waals surface area contributed by atoms with Gasteiger partial charge in [-0.15, -0.1) is 0 Å². The summed E-state index contributed by atoms with van der Waals surface area (Å²) in [6, 6.07) is 7.47. The third-order valence-corrected chi connectivity index (χ3v) is 5.89. The number of hydrogen-bond donors (Lipinski definition) is 3. The highest BCUT2D eigenvalue weighted by molar-refractivity contribution is 7.99. The second kappa shape index (κ2) is 8.14. The number of anilines is 1. The Morgan fingerprint density at radius 2 is 1.96 bits per heavy atom. The van der Waals surface area contributed by atoms with Gasteiger partial charge in [0.05, 0.1) is 6.42 Å². The van der Waals surface area contributed by atoms with Crippen LogP contribution in [0.5, 0.6) is 0 Å². The molecule has 3 N–H and O–H groups in total. The van der Waals surface area contributed by atoms with Gasteiger partial charge in [0.1, 0.15) is 0 Å². The van der Waals surface area contributed by atoms with Crippen molar-refractivity contribution in [2.45, 2.75) is 19.4 Å². The summed E-state index contributed by atoms with van der Waals surface area (Å²) in [6.45, 7) is 3.22. The van der Waals surface area contributed by atoms with Crippen LogP contribution in [0.2, 0.25) is 0 Å². The molecule has 0 unspecified atom stereocenters. The Morgan fingerprint density at radius 3 is 2.74 bits per heavy atom. The van der Waals surface area contributed by atoms with E-state index in [-0.39, 0.29) is 11.8 Å². The lowest BCUT2D eigenvalue weighted by atomic mass is 10.1. The maximum Gasteiger partial charge on any atom is 0.276 e. The first-order valence-corrected chi connectivity index (χ1v) is 10.4. The van der Waals surface area contributed by atoms with Gasteiger partial charge < -0.3 is 15.5 Å². The average molecular weight is 385 g/mol. The second-order valence-corrected chi connectivity index (χ2v) is 8.00. The number of nitrogens with one attached hydrogen (secondary N) is 3. The lowest BCUT2D eigenvalue weighted by Gasteiger charge is -2.26. The summed E-state index contributed by atoms with van der Waals surface area (Å²) in [6.07, 6.45) is 1.26. The fraction of sp³-hybridized carbons (Fsp3) is 0.421. The number of fused-ring (bicyclic) bond motifs is 1. The van der Waals surface area contributed by atoms with Gasteiger partial charge in [0.15, 0.2) is 5.69 Å². The Bertz CT molecular complexity index is 827. The first kappa shape index (κ1) is 18.1. The monoisotopic (exact) mass is 385 g/mol. The SMILES string of the molecule is O=C(Nc1ccc(CC(=O)N2CCSCC2)cc1)c1n[nH]c2c1CNCC2. The van der Waals surface area contributed by atoms with E-state index in [0.717, 1.165) is 54.4 Å². The number of nitrogens with zero attached hydrogens (tertiary/aromatic N) is 2. The van der Waals surface area contributed by atoms with Crippen molar-refractivity contribution in [3.8, 4) is 0 Å². The van der Waals surface area contributed by atoms with Gasteiger partial charge >= 0.3 is 0 Å². The zero-order valence-electron chi connectivity index (χ0n) is 15.1. The van der Waals surface area contributed by atoms with Crippen molar-refractivity contribution in [3.05, 3.63) is 46.8 Å². The Kier molecular flexibility index (Phi) is 5.45. The molecular formula is C19H23N5O2S. The molecule has 1 aromatic carbocycles. The standard InChI is InChI=1S/C19H23N5O2S/c25-17(24-7-9-27-10-8-24)11-13-1-3-14(4-2-13)21-19(26)18-15-12-20-6-5-16(15)22-23-18/h1-4,20H,5-12H2,(H,21,26)(H,22,23). The molecule has 1 fully saturated rings. The normalized spacial score (nSPS) is 16.7. The number of aromatic nitrogens is 2. The molecular weight excluding hydrogens is 362 g/mol. The zero-order valence-corrected chi connectivity index (χ0v) is 15.9. The number of H-pyrrole nitrogens is 1. The van der Waals surface area contributed by atoms with E-state index in [9.17, 15) is 9.59 Å². The third-order valence-electron chi connectivity index (χ3n) is 4.95. The molecule has 2 aliphatic rings. The minimum atomic E-state index is -0.217. The van der Waals surface area contributed by atoms with Crippen LogP contribution in [0.25, 0.3) is 0 Å². The predicted octanol–water partition coefficient (Wildman–Crippen LogP) is 1.43. The largest absolute Gasteiger partial charge is 0.341 e. The minimum Gasteiger partial charge on any atom is -0.341 e. The highest BCUT2D eigenvalue weighted by atomic mass is 32.2. The molecule has 1 aromatic heterocycles. The van der Waals surface area contributed by atoms with Crippen molar-refractivity contribution in [2.24, 2.45) is 0 Å². The van der Waals surface area contributed by atoms with Crippen molar-refractivity contribution < 1.29 is 9.59 Å². The molecule has 0 spiro atoms. The Hall–Kier alpha value is -2.32. The topological polar surface area (TPSA) is 90.1 Å². The van der Waals surface area contributed by atoms with E-state index >= 15 is 0 Å². The van der Waals surface area contributed by atoms with Crippen molar-refractivity contribution in [3.63, 3.8) is 0 Å². The summed E-state index contributed by atoms with van der Waals surface area (Å²) in [7, 11) is 0. The molecule has 0 saturated carbocycles. The van der Waals surface area contributed by atoms with Gasteiger partial charge in [0.25, 0.3) is 5.91 Å². The number of hydrogen-bond acceptors (Lipinski definition) is 5. The van der Waals surface area contributed by atoms with E-state index in [1.165, 1.54) is 0 Å². The lowest BCUT2D eigenvalue weighted by molar-refractivity contribution is -0.130. The first-order valence-electron chi connectivity index (χ1n) is 9.23. The molecule has 7 nitrogen and oxygen atoms in total. The van der Waals surface area contributed by atoms with Gasteiger partial charge in [-0.3, -0.25) is 14.7 Å². The van der Waals surface area contributed by atoms with Crippen molar-refractivity contribution in [1.29, 1.82) is 0 Å². The first-order chi connectivity index (χ1) is 13.2. The Balaban J connectivity index is 1.37. The molecule has 0 radical (unpaired) electrons. The predicted molar refractivity (Wildman–Crippen MR) is 106 cm³/mol. The number of benzene rings is 1. The van der Waals surface area contributed by atoms with Gasteiger partial charge in [-0.1, -0.05) is 12.1 Å². The van der Waals surface area contributed by atoms with E-state index in [4.69, 9.17) is 0 Å². The molecule has 2 amide bonds. The zero-order chi connectivity index (χ0) is 18.6. The summed E-state index contributed by atoms with van der Waals surface area (Å²) < 4.78 is 0. The fourth-order valence-electron chi connectivity index (χ4n) is 3.41. The van der Waals surface area contributed by atoms with Crippen LogP contribution in [0.15, 0.2) is 24.3 Å². The van der Waals surface area contributed by atoms with E-state index in [2.05, 4.69) is 20.8 Å². The van der Waals surface area contributed by atoms with Crippen molar-refractivity contribution in [1.82, 2.24) is 20.4 Å². The number of rotatable bonds is 4. The fourth-order valence-corrected chi connectivity index (χ4v) is 4.31. The number of aromatic amines is 1. The summed E-state index contributed by atoms with van der Waals surface area (Å²) >= 11 is 1.89. The highest BCUT2D eigenvalue weighted by Gasteiger charge is 2.21. The maximum absolute atomic E-state index is 12.5. The summed E-state index contributed by atoms with van der Waals surface area (Å²) in [5, 5.41) is 13.3. The smallest absolute Gasteiger partial charge is 0.276 e. The Morgan fingerprint density at radius 1 is 1.19 bits per heavy atom. The van der Waals surface area contributed by atoms with E-state index in [1.807, 2.05) is 40.9 Å². The molecule has 1 saturated heterocycles. The average Bonchev–Trinajstić information content (AvgIpc) is 3.14. The van der Waals surface area contributed by atoms with Gasteiger partial charge in [-0.05, 0) is 17.7 Å². The number of carbonyl (C=O) groups is 2. The Labute approximate surface area is 162 Å². The molecule has 0 atom stereocenters. The van der Waals surface area contributed by atoms with Gasteiger partial charge in [-0.25, -0.2) is 0 Å². The lowest BCUT2D eigenvalue weighted by Crippen LogP contribution is -2.38. The van der Waals surface area contributed by atoms with Crippen LogP contribution in [0, 0.1) is 0 Å². The summed E-state index contributed by atoms with van der Waals surface area (Å²) in [5.74, 6) is 1.99. The maximum atomic E-state index is 12.5. The van der Waals surface area contributed by atoms with E-state index in [1.54, 1.807) is 0 Å². The van der Waals surface area contributed by atoms with Crippen LogP contribution in [0.3, 0.4) is 0 Å². The number of amides is 2. The van der Waals surface area contributed by atoms with Crippen LogP contribution < -0.4 is 10.6 Å². The van der Waals surface area contributed by atoms with Gasteiger partial charge in [0.2, 0.25) is 5.91 Å². The molecule has 3 heterocycles. The van der Waals surface area contributed by atoms with Crippen LogP contribution in [0.1, 0.15) is 27.3 Å². The minimum absolute atomic E-state index is 0.169. The van der Waals surface area contributed by atoms with E-state index < -0.39 is 0 Å². The molecule has 27 heavy (non-hydrogen) atoms.